The number of aromatic nitrogens is 4. The van der Waals surface area contributed by atoms with E-state index in [1.54, 1.807) is 0 Å². The van der Waals surface area contributed by atoms with Crippen LogP contribution in [0.3, 0.4) is 0 Å². The molecule has 2 aromatic rings. The fourth-order valence-electron chi connectivity index (χ4n) is 7.88. The number of nitrogen functional groups attached to an aromatic ring is 1. The lowest BCUT2D eigenvalue weighted by atomic mass is 9.87. The van der Waals surface area contributed by atoms with E-state index in [2.05, 4.69) is 114 Å². The van der Waals surface area contributed by atoms with Crippen LogP contribution in [0.15, 0.2) is 85.6 Å². The number of ketones is 1. The minimum Gasteiger partial charge on any atom is -0.386 e. The Morgan fingerprint density at radius 1 is 0.768 bits per heavy atom. The number of nitrogens with zero attached hydrogens (tertiary/aromatic N) is 4. The number of anilines is 1. The monoisotopic (exact) mass is 1230 g/mol. The van der Waals surface area contributed by atoms with E-state index in [4.69, 9.17) is 19.5 Å². The van der Waals surface area contributed by atoms with Crippen LogP contribution in [-0.2, 0) is 55.5 Å². The molecule has 10 N–H and O–H groups in total. The molecule has 2 aromatic heterocycles. The second kappa shape index (κ2) is 38.6. The molecule has 2 unspecified atom stereocenters. The highest BCUT2D eigenvalue weighted by atomic mass is 32.2. The minimum atomic E-state index is -5.60. The van der Waals surface area contributed by atoms with Crippen molar-refractivity contribution in [2.45, 2.75) is 167 Å². The molecule has 1 saturated heterocycles. The van der Waals surface area contributed by atoms with Crippen LogP contribution in [0, 0.1) is 5.41 Å². The molecule has 29 heteroatoms. The maximum Gasteiger partial charge on any atom is 0.481 e. The summed E-state index contributed by atoms with van der Waals surface area (Å²) in [5.74, 6) is -1.42. The highest BCUT2D eigenvalue weighted by Gasteiger charge is 2.50. The number of nitrogens with two attached hydrogens (primary N) is 1. The third kappa shape index (κ3) is 30.0. The van der Waals surface area contributed by atoms with Gasteiger partial charge in [0.25, 0.3) is 0 Å². The Balaban J connectivity index is 1.19. The highest BCUT2D eigenvalue weighted by Crippen LogP contribution is 2.61. The summed E-state index contributed by atoms with van der Waals surface area (Å²) in [6, 6.07) is 0. The van der Waals surface area contributed by atoms with Crippen LogP contribution in [0.2, 0.25) is 0 Å². The van der Waals surface area contributed by atoms with Crippen LogP contribution in [0.5, 0.6) is 0 Å². The molecule has 460 valence electrons. The molecular weight excluding hydrogens is 1150 g/mol. The van der Waals surface area contributed by atoms with Gasteiger partial charge in [-0.1, -0.05) is 144 Å². The summed E-state index contributed by atoms with van der Waals surface area (Å²) in [5, 5.41) is 26.3. The summed E-state index contributed by atoms with van der Waals surface area (Å²) in [6.45, 7) is 2.46. The summed E-state index contributed by atoms with van der Waals surface area (Å²) < 4.78 is 62.6. The van der Waals surface area contributed by atoms with Gasteiger partial charge in [0.05, 0.1) is 26.0 Å². The number of carbonyl (C=O) groups is 4. The van der Waals surface area contributed by atoms with E-state index in [9.17, 15) is 62.7 Å². The summed E-state index contributed by atoms with van der Waals surface area (Å²) in [4.78, 5) is 101. The van der Waals surface area contributed by atoms with E-state index in [1.165, 1.54) is 39.5 Å². The molecule has 1 aliphatic rings. The van der Waals surface area contributed by atoms with E-state index < -0.39 is 84.6 Å². The number of phosphoric ester groups is 3. The van der Waals surface area contributed by atoms with Crippen molar-refractivity contribution in [2.75, 3.05) is 37.8 Å². The molecule has 0 bridgehead atoms. The number of hydrogen-bond acceptors (Lipinski definition) is 19. The normalized spacial score (nSPS) is 19.1. The van der Waals surface area contributed by atoms with Gasteiger partial charge in [0.1, 0.15) is 42.0 Å². The van der Waals surface area contributed by atoms with Crippen molar-refractivity contribution in [2.24, 2.45) is 5.41 Å². The number of nitrogens with one attached hydrogen (secondary N) is 2. The van der Waals surface area contributed by atoms with Crippen LogP contribution < -0.4 is 16.4 Å². The fraction of sp³-hybridized carbons (Fsp3) is 0.604. The Morgan fingerprint density at radius 2 is 1.33 bits per heavy atom. The van der Waals surface area contributed by atoms with Gasteiger partial charge in [0.15, 0.2) is 22.8 Å². The topological polar surface area (TPSA) is 381 Å². The molecule has 3 rings (SSSR count). The number of amides is 2. The van der Waals surface area contributed by atoms with Crippen molar-refractivity contribution in [3.05, 3.63) is 85.6 Å². The van der Waals surface area contributed by atoms with Crippen molar-refractivity contribution in [3.8, 4) is 0 Å². The van der Waals surface area contributed by atoms with Crippen LogP contribution in [0.25, 0.3) is 11.2 Å². The molecule has 0 aliphatic carbocycles. The number of fused-ring (bicyclic) bond motifs is 1. The maximum atomic E-state index is 12.8. The van der Waals surface area contributed by atoms with E-state index >= 15 is 0 Å². The molecule has 7 atom stereocenters. The van der Waals surface area contributed by atoms with Gasteiger partial charge in [0, 0.05) is 37.1 Å². The van der Waals surface area contributed by atoms with E-state index in [-0.39, 0.29) is 59.6 Å². The molecule has 1 fully saturated rings. The molecule has 3 heterocycles. The number of thioether (sulfide) groups is 1. The SMILES string of the molecule is CC/C=C\C/C=C\C/C=C\C/C=C\C/C=C\C/C=C\CCCCCCCCCCC(=O)CC(=O)SCCNC(=O)CCNC(=O)[C@H](O)C(C)(C)COP(=O)(O)OP(=O)(O)OC[C@H]1O[C@@H](n2cnc3c(N)ncnc32)[C@H](O)[C@@H]1OP(=O)(O)O. The Kier molecular flexibility index (Phi) is 33.8. The second-order valence-electron chi connectivity index (χ2n) is 19.8. The van der Waals surface area contributed by atoms with E-state index in [0.717, 1.165) is 99.6 Å². The van der Waals surface area contributed by atoms with Gasteiger partial charge in [0.2, 0.25) is 11.8 Å². The van der Waals surface area contributed by atoms with E-state index in [0.29, 0.717) is 6.42 Å². The Bertz CT molecular complexity index is 2630. The minimum absolute atomic E-state index is 0.0245. The first-order chi connectivity index (χ1) is 38.9. The van der Waals surface area contributed by atoms with Crippen LogP contribution in [0.1, 0.15) is 143 Å². The van der Waals surface area contributed by atoms with Gasteiger partial charge < -0.3 is 50.9 Å². The first kappa shape index (κ1) is 71.9. The lowest BCUT2D eigenvalue weighted by Gasteiger charge is -2.30. The zero-order valence-corrected chi connectivity index (χ0v) is 50.4. The van der Waals surface area contributed by atoms with Gasteiger partial charge in [-0.05, 0) is 57.8 Å². The van der Waals surface area contributed by atoms with Crippen molar-refractivity contribution in [3.63, 3.8) is 0 Å². The van der Waals surface area contributed by atoms with Gasteiger partial charge in [-0.15, -0.1) is 0 Å². The molecule has 0 radical (unpaired) electrons. The first-order valence-corrected chi connectivity index (χ1v) is 32.9. The van der Waals surface area contributed by atoms with Crippen LogP contribution >= 0.6 is 35.2 Å². The molecule has 25 nitrogen and oxygen atoms in total. The zero-order chi connectivity index (χ0) is 60.4. The Hall–Kier alpha value is -4.33. The second-order valence-corrected chi connectivity index (χ2v) is 25.2. The Morgan fingerprint density at radius 3 is 1.93 bits per heavy atom. The molecule has 0 aromatic carbocycles. The van der Waals surface area contributed by atoms with Crippen molar-refractivity contribution < 1.29 is 85.3 Å². The molecular formula is C53H84N7O18P3S. The van der Waals surface area contributed by atoms with Crippen LogP contribution in [0.4, 0.5) is 5.82 Å². The number of unbranched alkanes of at least 4 members (excludes halogenated alkanes) is 8. The van der Waals surface area contributed by atoms with Gasteiger partial charge in [-0.2, -0.15) is 4.31 Å². The number of rotatable bonds is 43. The van der Waals surface area contributed by atoms with Crippen molar-refractivity contribution in [1.29, 1.82) is 0 Å². The zero-order valence-electron chi connectivity index (χ0n) is 46.9. The number of ether oxygens (including phenoxy) is 1. The first-order valence-electron chi connectivity index (χ1n) is 27.4. The predicted octanol–water partition coefficient (Wildman–Crippen LogP) is 8.22. The lowest BCUT2D eigenvalue weighted by Crippen LogP contribution is -2.46. The molecule has 0 saturated carbocycles. The molecule has 2 amide bonds. The third-order valence-electron chi connectivity index (χ3n) is 12.3. The smallest absolute Gasteiger partial charge is 0.386 e. The average molecular weight is 1230 g/mol. The number of aliphatic hydroxyl groups is 2. The number of carbonyl (C=O) groups excluding carboxylic acids is 4. The van der Waals surface area contributed by atoms with Crippen molar-refractivity contribution in [1.82, 2.24) is 30.2 Å². The quantitative estimate of drug-likeness (QED) is 0.0131. The lowest BCUT2D eigenvalue weighted by molar-refractivity contribution is -0.137. The molecule has 82 heavy (non-hydrogen) atoms. The molecule has 0 spiro atoms. The highest BCUT2D eigenvalue weighted by molar-refractivity contribution is 8.13. The van der Waals surface area contributed by atoms with Crippen molar-refractivity contribution >= 4 is 74.9 Å². The number of allylic oxidation sites excluding steroid dienone is 12. The molecule has 1 aliphatic heterocycles. The van der Waals surface area contributed by atoms with Crippen LogP contribution in [-0.4, -0.2) is 128 Å². The summed E-state index contributed by atoms with van der Waals surface area (Å²) in [5.41, 5.74) is 4.24. The standard InChI is InChI=1S/C53H84N7O18P3S/c1-4-5-6-7-8-9-10-11-12-13-14-15-16-17-18-19-20-21-22-23-24-25-26-27-28-29-30-31-41(61)36-44(63)82-35-34-55-43(62)32-33-56-51(66)48(65)53(2,3)38-75-81(72,73)78-80(70,71)74-37-42-47(77-79(67,68)69)46(64)52(76-42)60-40-59-45-49(54)57-39-58-50(45)60/h5-6,8-9,11-12,14-15,17-18,20-21,39-40,42,46-48,52,64-65H,4,7,10,13,16,19,22-38H2,1-3H3,(H,55,62)(H,56,66)(H,70,71)(H,72,73)(H2,54,57,58)(H2,67,68,69)/b6-5-,9-8-,12-11-,15-14-,18-17-,21-20-/t42-,46-,47-,48+,52-/m1/s1. The predicted molar refractivity (Wildman–Crippen MR) is 311 cm³/mol. The summed E-state index contributed by atoms with van der Waals surface area (Å²) in [6.07, 6.45) is 35.2. The average Bonchev–Trinajstić information content (AvgIpc) is 4.16. The largest absolute Gasteiger partial charge is 0.481 e. The number of phosphoric acid groups is 3. The Labute approximate surface area is 484 Å². The fourth-order valence-corrected chi connectivity index (χ4v) is 11.4. The van der Waals surface area contributed by atoms with Gasteiger partial charge >= 0.3 is 23.5 Å². The maximum absolute atomic E-state index is 12.8. The number of Topliss-reactive ketones (excluding diaryl/α,β-unsaturated/α-hetero) is 1. The van der Waals surface area contributed by atoms with Gasteiger partial charge in [-0.3, -0.25) is 37.3 Å². The number of aliphatic hydroxyl groups excluding tert-OH is 2. The number of imidazole rings is 1. The third-order valence-corrected chi connectivity index (χ3v) is 16.3. The number of hydrogen-bond donors (Lipinski definition) is 9. The summed E-state index contributed by atoms with van der Waals surface area (Å²) >= 11 is 0.934. The summed E-state index contributed by atoms with van der Waals surface area (Å²) in [7, 11) is -16.5. The van der Waals surface area contributed by atoms with Gasteiger partial charge in [-0.25, -0.2) is 28.6 Å². The van der Waals surface area contributed by atoms with E-state index in [1.807, 2.05) is 0 Å².